The second-order valence-electron chi connectivity index (χ2n) is 3.78. The highest BCUT2D eigenvalue weighted by molar-refractivity contribution is 6.33. The molecule has 2 aromatic rings. The molecule has 0 bridgehead atoms. The molecule has 19 heavy (non-hydrogen) atoms. The Hall–Kier alpha value is -2.14. The summed E-state index contributed by atoms with van der Waals surface area (Å²) < 4.78 is 26.4. The summed E-state index contributed by atoms with van der Waals surface area (Å²) in [7, 11) is 0. The van der Waals surface area contributed by atoms with Crippen LogP contribution in [-0.4, -0.2) is 16.2 Å². The van der Waals surface area contributed by atoms with Crippen molar-refractivity contribution in [3.05, 3.63) is 52.6 Å². The average molecular weight is 285 g/mol. The minimum atomic E-state index is -1.40. The zero-order valence-corrected chi connectivity index (χ0v) is 10.1. The number of phenols is 1. The van der Waals surface area contributed by atoms with Crippen LogP contribution in [0, 0.1) is 11.6 Å². The molecule has 0 fully saturated rings. The third-order valence-corrected chi connectivity index (χ3v) is 2.82. The van der Waals surface area contributed by atoms with Gasteiger partial charge in [-0.25, -0.2) is 13.6 Å². The molecule has 2 N–H and O–H groups in total. The smallest absolute Gasteiger partial charge is 0.339 e. The quantitative estimate of drug-likeness (QED) is 0.884. The molecule has 0 saturated heterocycles. The minimum absolute atomic E-state index is 0.00852. The highest BCUT2D eigenvalue weighted by Gasteiger charge is 2.17. The maximum Gasteiger partial charge on any atom is 0.339 e. The van der Waals surface area contributed by atoms with Gasteiger partial charge in [-0.15, -0.1) is 0 Å². The molecule has 0 aliphatic heterocycles. The standard InChI is InChI=1S/C13H7ClF2O3/c14-10-4-6(3-9(12(10)17)13(18)19)8-2-1-7(15)5-11(8)16/h1-5,17H,(H,18,19). The number of carbonyl (C=O) groups is 1. The molecule has 6 heteroatoms. The highest BCUT2D eigenvalue weighted by Crippen LogP contribution is 2.34. The van der Waals surface area contributed by atoms with Gasteiger partial charge < -0.3 is 10.2 Å². The Balaban J connectivity index is 2.66. The number of halogens is 3. The lowest BCUT2D eigenvalue weighted by Crippen LogP contribution is -1.98. The predicted octanol–water partition coefficient (Wildman–Crippen LogP) is 3.69. The molecular weight excluding hydrogens is 278 g/mol. The zero-order chi connectivity index (χ0) is 14.2. The van der Waals surface area contributed by atoms with E-state index in [2.05, 4.69) is 0 Å². The Morgan fingerprint density at radius 3 is 2.42 bits per heavy atom. The molecule has 0 heterocycles. The first-order chi connectivity index (χ1) is 8.90. The van der Waals surface area contributed by atoms with E-state index in [1.807, 2.05) is 0 Å². The SMILES string of the molecule is O=C(O)c1cc(-c2ccc(F)cc2F)cc(Cl)c1O. The third-order valence-electron chi connectivity index (χ3n) is 2.54. The highest BCUT2D eigenvalue weighted by atomic mass is 35.5. The van der Waals surface area contributed by atoms with E-state index in [1.54, 1.807) is 0 Å². The van der Waals surface area contributed by atoms with Gasteiger partial charge in [0, 0.05) is 11.6 Å². The second kappa shape index (κ2) is 4.85. The van der Waals surface area contributed by atoms with Gasteiger partial charge in [0.2, 0.25) is 0 Å². The number of aromatic carboxylic acids is 1. The van der Waals surface area contributed by atoms with Gasteiger partial charge in [-0.2, -0.15) is 0 Å². The van der Waals surface area contributed by atoms with Crippen molar-refractivity contribution in [3.8, 4) is 16.9 Å². The monoisotopic (exact) mass is 284 g/mol. The van der Waals surface area contributed by atoms with E-state index < -0.39 is 28.9 Å². The van der Waals surface area contributed by atoms with Crippen LogP contribution in [0.1, 0.15) is 10.4 Å². The normalized spacial score (nSPS) is 10.5. The summed E-state index contributed by atoms with van der Waals surface area (Å²) >= 11 is 5.69. The first-order valence-electron chi connectivity index (χ1n) is 5.11. The number of hydrogen-bond acceptors (Lipinski definition) is 2. The average Bonchev–Trinajstić information content (AvgIpc) is 2.32. The van der Waals surface area contributed by atoms with Crippen molar-refractivity contribution in [1.29, 1.82) is 0 Å². The van der Waals surface area contributed by atoms with Crippen molar-refractivity contribution in [2.24, 2.45) is 0 Å². The van der Waals surface area contributed by atoms with E-state index in [4.69, 9.17) is 16.7 Å². The molecule has 0 aromatic heterocycles. The lowest BCUT2D eigenvalue weighted by Gasteiger charge is -2.08. The number of carboxylic acids is 1. The summed E-state index contributed by atoms with van der Waals surface area (Å²) in [5, 5.41) is 18.2. The first-order valence-corrected chi connectivity index (χ1v) is 5.49. The maximum atomic E-state index is 13.6. The maximum absolute atomic E-state index is 13.6. The van der Waals surface area contributed by atoms with Crippen LogP contribution in [0.25, 0.3) is 11.1 Å². The summed E-state index contributed by atoms with van der Waals surface area (Å²) in [5.74, 6) is -3.59. The molecule has 2 rings (SSSR count). The van der Waals surface area contributed by atoms with E-state index >= 15 is 0 Å². The van der Waals surface area contributed by atoms with Crippen molar-refractivity contribution in [1.82, 2.24) is 0 Å². The van der Waals surface area contributed by atoms with Crippen molar-refractivity contribution in [3.63, 3.8) is 0 Å². The van der Waals surface area contributed by atoms with Crippen molar-refractivity contribution in [2.45, 2.75) is 0 Å². The molecular formula is C13H7ClF2O3. The molecule has 0 amide bonds. The van der Waals surface area contributed by atoms with E-state index in [0.717, 1.165) is 12.1 Å². The number of rotatable bonds is 2. The van der Waals surface area contributed by atoms with Gasteiger partial charge in [0.1, 0.15) is 22.9 Å². The van der Waals surface area contributed by atoms with E-state index in [1.165, 1.54) is 12.1 Å². The summed E-state index contributed by atoms with van der Waals surface area (Å²) in [4.78, 5) is 10.9. The minimum Gasteiger partial charge on any atom is -0.505 e. The molecule has 0 spiro atoms. The largest absolute Gasteiger partial charge is 0.505 e. The number of carboxylic acid groups (broad SMARTS) is 1. The van der Waals surface area contributed by atoms with Crippen LogP contribution in [0.2, 0.25) is 5.02 Å². The van der Waals surface area contributed by atoms with E-state index in [0.29, 0.717) is 6.07 Å². The van der Waals surface area contributed by atoms with E-state index in [-0.39, 0.29) is 16.1 Å². The van der Waals surface area contributed by atoms with Crippen LogP contribution in [0.3, 0.4) is 0 Å². The van der Waals surface area contributed by atoms with Crippen LogP contribution in [-0.2, 0) is 0 Å². The fourth-order valence-electron chi connectivity index (χ4n) is 1.64. The number of aromatic hydroxyl groups is 1. The molecule has 2 aromatic carbocycles. The Kier molecular flexibility index (Phi) is 3.40. The lowest BCUT2D eigenvalue weighted by molar-refractivity contribution is 0.0694. The van der Waals surface area contributed by atoms with Gasteiger partial charge in [0.15, 0.2) is 0 Å². The first kappa shape index (κ1) is 13.3. The number of benzene rings is 2. The Bertz CT molecular complexity index is 671. The molecule has 0 aliphatic rings. The van der Waals surface area contributed by atoms with Crippen molar-refractivity contribution >= 4 is 17.6 Å². The van der Waals surface area contributed by atoms with E-state index in [9.17, 15) is 18.7 Å². The van der Waals surface area contributed by atoms with Gasteiger partial charge >= 0.3 is 5.97 Å². The van der Waals surface area contributed by atoms with Crippen molar-refractivity contribution < 1.29 is 23.8 Å². The third kappa shape index (κ3) is 2.51. The van der Waals surface area contributed by atoms with Crippen LogP contribution in [0.5, 0.6) is 5.75 Å². The summed E-state index contributed by atoms with van der Waals surface area (Å²) in [6.07, 6.45) is 0. The Labute approximate surface area is 111 Å². The van der Waals surface area contributed by atoms with Crippen LogP contribution in [0.15, 0.2) is 30.3 Å². The summed E-state index contributed by atoms with van der Waals surface area (Å²) in [6, 6.07) is 5.16. The summed E-state index contributed by atoms with van der Waals surface area (Å²) in [6.45, 7) is 0. The van der Waals surface area contributed by atoms with Crippen LogP contribution < -0.4 is 0 Å². The fourth-order valence-corrected chi connectivity index (χ4v) is 1.86. The molecule has 0 radical (unpaired) electrons. The predicted molar refractivity (Wildman–Crippen MR) is 65.4 cm³/mol. The molecule has 0 aliphatic carbocycles. The molecule has 3 nitrogen and oxygen atoms in total. The molecule has 0 unspecified atom stereocenters. The van der Waals surface area contributed by atoms with Crippen LogP contribution in [0.4, 0.5) is 8.78 Å². The molecule has 0 saturated carbocycles. The van der Waals surface area contributed by atoms with Gasteiger partial charge in [0.05, 0.1) is 5.02 Å². The zero-order valence-electron chi connectivity index (χ0n) is 9.32. The van der Waals surface area contributed by atoms with Gasteiger partial charge in [-0.05, 0) is 29.8 Å². The van der Waals surface area contributed by atoms with Gasteiger partial charge in [0.25, 0.3) is 0 Å². The fraction of sp³-hybridized carbons (Fsp3) is 0. The number of hydrogen-bond donors (Lipinski definition) is 2. The topological polar surface area (TPSA) is 57.5 Å². The Morgan fingerprint density at radius 2 is 1.84 bits per heavy atom. The second-order valence-corrected chi connectivity index (χ2v) is 4.19. The van der Waals surface area contributed by atoms with Crippen LogP contribution >= 0.6 is 11.6 Å². The van der Waals surface area contributed by atoms with Gasteiger partial charge in [-0.3, -0.25) is 0 Å². The van der Waals surface area contributed by atoms with Crippen molar-refractivity contribution in [2.75, 3.05) is 0 Å². The Morgan fingerprint density at radius 1 is 1.16 bits per heavy atom. The summed E-state index contributed by atoms with van der Waals surface area (Å²) in [5.41, 5.74) is -0.324. The molecule has 98 valence electrons. The lowest BCUT2D eigenvalue weighted by atomic mass is 10.0. The van der Waals surface area contributed by atoms with Gasteiger partial charge in [-0.1, -0.05) is 11.6 Å². The molecule has 0 atom stereocenters.